The van der Waals surface area contributed by atoms with Crippen molar-refractivity contribution in [2.45, 2.75) is 20.8 Å². The summed E-state index contributed by atoms with van der Waals surface area (Å²) < 4.78 is 6.43. The van der Waals surface area contributed by atoms with E-state index in [2.05, 4.69) is 86.2 Å². The SMILES string of the molecule is Cc1ccc2c(c1)OB(c1c(C)cccc1C)N2c1ccccc1. The van der Waals surface area contributed by atoms with Crippen molar-refractivity contribution in [3.63, 3.8) is 0 Å². The van der Waals surface area contributed by atoms with Crippen LogP contribution in [0.1, 0.15) is 16.7 Å². The van der Waals surface area contributed by atoms with Crippen LogP contribution in [0.2, 0.25) is 0 Å². The van der Waals surface area contributed by atoms with Crippen molar-refractivity contribution in [3.05, 3.63) is 83.4 Å². The summed E-state index contributed by atoms with van der Waals surface area (Å²) in [4.78, 5) is 2.30. The lowest BCUT2D eigenvalue weighted by atomic mass is 9.67. The number of aryl methyl sites for hydroxylation is 3. The predicted molar refractivity (Wildman–Crippen MR) is 102 cm³/mol. The molecule has 3 aromatic carbocycles. The Kier molecular flexibility index (Phi) is 3.57. The van der Waals surface area contributed by atoms with Crippen LogP contribution >= 0.6 is 0 Å². The summed E-state index contributed by atoms with van der Waals surface area (Å²) in [5.41, 5.74) is 7.24. The molecule has 1 heterocycles. The highest BCUT2D eigenvalue weighted by Gasteiger charge is 2.41. The van der Waals surface area contributed by atoms with Gasteiger partial charge in [0.05, 0.1) is 5.69 Å². The Hall–Kier alpha value is -2.68. The number of nitrogens with zero attached hydrogens (tertiary/aromatic N) is 1. The predicted octanol–water partition coefficient (Wildman–Crippen LogP) is 4.54. The Labute approximate surface area is 143 Å². The summed E-state index contributed by atoms with van der Waals surface area (Å²) in [6.07, 6.45) is 0. The summed E-state index contributed by atoms with van der Waals surface area (Å²) >= 11 is 0. The quantitative estimate of drug-likeness (QED) is 0.644. The van der Waals surface area contributed by atoms with Crippen LogP contribution in [-0.2, 0) is 0 Å². The molecule has 0 unspecified atom stereocenters. The Balaban J connectivity index is 1.91. The first-order valence-electron chi connectivity index (χ1n) is 8.33. The summed E-state index contributed by atoms with van der Waals surface area (Å²) in [5.74, 6) is 0.950. The maximum Gasteiger partial charge on any atom is 0.524 e. The van der Waals surface area contributed by atoms with Gasteiger partial charge in [0.25, 0.3) is 0 Å². The van der Waals surface area contributed by atoms with Gasteiger partial charge in [-0.2, -0.15) is 0 Å². The number of hydrogen-bond acceptors (Lipinski definition) is 2. The highest BCUT2D eigenvalue weighted by Crippen LogP contribution is 2.41. The Bertz CT molecular complexity index is 871. The van der Waals surface area contributed by atoms with Crippen molar-refractivity contribution in [2.24, 2.45) is 0 Å². The maximum atomic E-state index is 6.43. The summed E-state index contributed by atoms with van der Waals surface area (Å²) in [5, 5.41) is 0. The third-order valence-electron chi connectivity index (χ3n) is 4.67. The number of fused-ring (bicyclic) bond motifs is 1. The molecular weight excluding hydrogens is 293 g/mol. The molecule has 0 amide bonds. The van der Waals surface area contributed by atoms with Gasteiger partial charge in [-0.1, -0.05) is 53.6 Å². The van der Waals surface area contributed by atoms with Crippen molar-refractivity contribution < 1.29 is 4.65 Å². The van der Waals surface area contributed by atoms with E-state index < -0.39 is 0 Å². The first kappa shape index (κ1) is 14.9. The first-order valence-corrected chi connectivity index (χ1v) is 8.33. The molecule has 4 rings (SSSR count). The minimum absolute atomic E-state index is 0.134. The second-order valence-electron chi connectivity index (χ2n) is 6.45. The number of benzene rings is 3. The molecule has 0 saturated carbocycles. The van der Waals surface area contributed by atoms with Gasteiger partial charge in [0.15, 0.2) is 0 Å². The summed E-state index contributed by atoms with van der Waals surface area (Å²) in [7, 11) is -0.134. The molecular formula is C21H20BNO. The van der Waals surface area contributed by atoms with E-state index >= 15 is 0 Å². The van der Waals surface area contributed by atoms with Gasteiger partial charge >= 0.3 is 7.05 Å². The smallest absolute Gasteiger partial charge is 0.524 e. The summed E-state index contributed by atoms with van der Waals surface area (Å²) in [6, 6.07) is 23.3. The number of anilines is 2. The van der Waals surface area contributed by atoms with E-state index in [0.29, 0.717) is 0 Å². The van der Waals surface area contributed by atoms with Crippen LogP contribution < -0.4 is 14.9 Å². The van der Waals surface area contributed by atoms with E-state index in [1.165, 1.54) is 22.2 Å². The van der Waals surface area contributed by atoms with Crippen molar-refractivity contribution in [3.8, 4) is 5.75 Å². The molecule has 0 aromatic heterocycles. The van der Waals surface area contributed by atoms with E-state index in [9.17, 15) is 0 Å². The van der Waals surface area contributed by atoms with Gasteiger partial charge in [-0.25, -0.2) is 0 Å². The van der Waals surface area contributed by atoms with E-state index in [-0.39, 0.29) is 7.05 Å². The molecule has 0 radical (unpaired) electrons. The molecule has 0 aliphatic carbocycles. The van der Waals surface area contributed by atoms with Crippen LogP contribution in [0.25, 0.3) is 0 Å². The van der Waals surface area contributed by atoms with Gasteiger partial charge in [0.1, 0.15) is 5.75 Å². The van der Waals surface area contributed by atoms with Gasteiger partial charge < -0.3 is 9.47 Å². The van der Waals surface area contributed by atoms with Crippen LogP contribution in [-0.4, -0.2) is 7.05 Å². The van der Waals surface area contributed by atoms with Gasteiger partial charge in [-0.3, -0.25) is 0 Å². The molecule has 0 fully saturated rings. The molecule has 1 aliphatic heterocycles. The minimum atomic E-state index is -0.134. The molecule has 0 atom stereocenters. The molecule has 0 N–H and O–H groups in total. The monoisotopic (exact) mass is 313 g/mol. The van der Waals surface area contributed by atoms with Crippen molar-refractivity contribution in [1.29, 1.82) is 0 Å². The largest absolute Gasteiger partial charge is 0.536 e. The van der Waals surface area contributed by atoms with E-state index in [1.807, 2.05) is 6.07 Å². The Morgan fingerprint density at radius 2 is 1.50 bits per heavy atom. The van der Waals surface area contributed by atoms with Crippen molar-refractivity contribution >= 4 is 23.9 Å². The zero-order chi connectivity index (χ0) is 16.7. The van der Waals surface area contributed by atoms with E-state index in [4.69, 9.17) is 4.65 Å². The number of rotatable bonds is 2. The average Bonchev–Trinajstić information content (AvgIpc) is 2.93. The van der Waals surface area contributed by atoms with Crippen LogP contribution in [0, 0.1) is 20.8 Å². The molecule has 0 saturated heterocycles. The van der Waals surface area contributed by atoms with Crippen molar-refractivity contribution in [2.75, 3.05) is 4.81 Å². The first-order chi connectivity index (χ1) is 11.6. The van der Waals surface area contributed by atoms with Gasteiger partial charge in [-0.05, 0) is 56.1 Å². The van der Waals surface area contributed by atoms with E-state index in [1.54, 1.807) is 0 Å². The van der Waals surface area contributed by atoms with Gasteiger partial charge in [0, 0.05) is 5.69 Å². The van der Waals surface area contributed by atoms with Gasteiger partial charge in [-0.15, -0.1) is 0 Å². The van der Waals surface area contributed by atoms with Crippen LogP contribution in [0.5, 0.6) is 5.75 Å². The standard InChI is InChI=1S/C21H20BNO/c1-15-12-13-19-20(14-15)24-22(21-16(2)8-7-9-17(21)3)23(19)18-10-5-4-6-11-18/h4-14H,1-3H3. The second kappa shape index (κ2) is 5.75. The lowest BCUT2D eigenvalue weighted by Gasteiger charge is -2.24. The second-order valence-corrected chi connectivity index (χ2v) is 6.45. The maximum absolute atomic E-state index is 6.43. The number of para-hydroxylation sites is 1. The zero-order valence-electron chi connectivity index (χ0n) is 14.3. The molecule has 3 aromatic rings. The molecule has 0 spiro atoms. The van der Waals surface area contributed by atoms with Gasteiger partial charge in [0.2, 0.25) is 0 Å². The highest BCUT2D eigenvalue weighted by atomic mass is 16.5. The lowest BCUT2D eigenvalue weighted by molar-refractivity contribution is 0.602. The Morgan fingerprint density at radius 3 is 2.21 bits per heavy atom. The topological polar surface area (TPSA) is 12.5 Å². The fourth-order valence-electron chi connectivity index (χ4n) is 3.48. The minimum Gasteiger partial charge on any atom is -0.536 e. The average molecular weight is 313 g/mol. The zero-order valence-corrected chi connectivity index (χ0v) is 14.3. The Morgan fingerprint density at radius 1 is 0.792 bits per heavy atom. The van der Waals surface area contributed by atoms with Crippen LogP contribution in [0.15, 0.2) is 66.7 Å². The molecule has 118 valence electrons. The molecule has 2 nitrogen and oxygen atoms in total. The number of hydrogen-bond donors (Lipinski definition) is 0. The molecule has 0 bridgehead atoms. The molecule has 24 heavy (non-hydrogen) atoms. The fraction of sp³-hybridized carbons (Fsp3) is 0.143. The summed E-state index contributed by atoms with van der Waals surface area (Å²) in [6.45, 7) is 6.41. The highest BCUT2D eigenvalue weighted by molar-refractivity contribution is 6.75. The normalized spacial score (nSPS) is 13.0. The van der Waals surface area contributed by atoms with Crippen LogP contribution in [0.3, 0.4) is 0 Å². The third kappa shape index (κ3) is 2.37. The third-order valence-corrected chi connectivity index (χ3v) is 4.67. The van der Waals surface area contributed by atoms with E-state index in [0.717, 1.165) is 17.1 Å². The molecule has 1 aliphatic rings. The molecule has 3 heteroatoms. The fourth-order valence-corrected chi connectivity index (χ4v) is 3.48. The van der Waals surface area contributed by atoms with Crippen LogP contribution in [0.4, 0.5) is 11.4 Å². The van der Waals surface area contributed by atoms with Crippen molar-refractivity contribution in [1.82, 2.24) is 0 Å². The lowest BCUT2D eigenvalue weighted by Crippen LogP contribution is -2.49.